The molecule has 0 unspecified atom stereocenters. The van der Waals surface area contributed by atoms with Gasteiger partial charge in [0.25, 0.3) is 0 Å². The second kappa shape index (κ2) is 8.64. The van der Waals surface area contributed by atoms with Crippen LogP contribution in [0.1, 0.15) is 5.56 Å². The maximum atomic E-state index is 14.2. The summed E-state index contributed by atoms with van der Waals surface area (Å²) in [7, 11) is 0. The number of anilines is 1. The van der Waals surface area contributed by atoms with E-state index >= 15 is 0 Å². The molecule has 1 aliphatic rings. The van der Waals surface area contributed by atoms with E-state index in [9.17, 15) is 4.39 Å². The molecule has 6 nitrogen and oxygen atoms in total. The molecule has 26 heavy (non-hydrogen) atoms. The molecule has 0 amide bonds. The monoisotopic (exact) mass is 399 g/mol. The van der Waals surface area contributed by atoms with Gasteiger partial charge in [-0.15, -0.1) is 24.8 Å². The standard InChI is InChI=1S/C17H18FN5O.2ClH/c18-14-9-12(1-2-13(14)10-19)17-15-3-4-20-23(15)11-16(21-17)22-5-7-24-8-6-22;;/h1-4,9,11H,5-8,10,19H2;2*1H. The number of hydrogen-bond donors (Lipinski definition) is 1. The van der Waals surface area contributed by atoms with Crippen LogP contribution >= 0.6 is 24.8 Å². The summed E-state index contributed by atoms with van der Waals surface area (Å²) in [5, 5.41) is 4.32. The van der Waals surface area contributed by atoms with Crippen LogP contribution in [0.4, 0.5) is 10.2 Å². The molecule has 3 heterocycles. The van der Waals surface area contributed by atoms with Gasteiger partial charge >= 0.3 is 0 Å². The van der Waals surface area contributed by atoms with Crippen LogP contribution in [0.15, 0.2) is 36.7 Å². The number of nitrogens with two attached hydrogens (primary N) is 1. The zero-order valence-electron chi connectivity index (χ0n) is 14.0. The van der Waals surface area contributed by atoms with E-state index in [-0.39, 0.29) is 37.2 Å². The minimum Gasteiger partial charge on any atom is -0.378 e. The minimum absolute atomic E-state index is 0. The third kappa shape index (κ3) is 3.76. The predicted molar refractivity (Wildman–Crippen MR) is 104 cm³/mol. The van der Waals surface area contributed by atoms with Crippen LogP contribution in [-0.2, 0) is 11.3 Å². The molecule has 9 heteroatoms. The van der Waals surface area contributed by atoms with Gasteiger partial charge < -0.3 is 15.4 Å². The highest BCUT2D eigenvalue weighted by atomic mass is 35.5. The van der Waals surface area contributed by atoms with Gasteiger partial charge in [0.2, 0.25) is 0 Å². The first kappa shape index (κ1) is 20.4. The number of fused-ring (bicyclic) bond motifs is 1. The predicted octanol–water partition coefficient (Wildman–Crippen LogP) is 2.67. The van der Waals surface area contributed by atoms with E-state index < -0.39 is 0 Å². The summed E-state index contributed by atoms with van der Waals surface area (Å²) in [6, 6.07) is 6.92. The second-order valence-electron chi connectivity index (χ2n) is 5.72. The van der Waals surface area contributed by atoms with E-state index in [1.54, 1.807) is 16.8 Å². The van der Waals surface area contributed by atoms with Gasteiger partial charge in [-0.05, 0) is 12.1 Å². The Hall–Kier alpha value is -1.93. The van der Waals surface area contributed by atoms with Crippen molar-refractivity contribution < 1.29 is 9.13 Å². The van der Waals surface area contributed by atoms with Crippen LogP contribution < -0.4 is 10.6 Å². The average molecular weight is 400 g/mol. The van der Waals surface area contributed by atoms with Crippen molar-refractivity contribution in [1.82, 2.24) is 14.6 Å². The zero-order chi connectivity index (χ0) is 16.5. The SMILES string of the molecule is Cl.Cl.NCc1ccc(-c2nc(N3CCOCC3)cn3nccc23)cc1F. The fourth-order valence-corrected chi connectivity index (χ4v) is 2.93. The number of aromatic nitrogens is 3. The van der Waals surface area contributed by atoms with Gasteiger partial charge in [0.15, 0.2) is 0 Å². The summed E-state index contributed by atoms with van der Waals surface area (Å²) < 4.78 is 21.3. The molecular weight excluding hydrogens is 380 g/mol. The molecule has 2 aromatic heterocycles. The number of benzene rings is 1. The van der Waals surface area contributed by atoms with Gasteiger partial charge in [0, 0.05) is 30.8 Å². The number of ether oxygens (including phenoxy) is 1. The topological polar surface area (TPSA) is 68.7 Å². The largest absolute Gasteiger partial charge is 0.378 e. The van der Waals surface area contributed by atoms with E-state index in [4.69, 9.17) is 15.5 Å². The van der Waals surface area contributed by atoms with Crippen molar-refractivity contribution in [3.63, 3.8) is 0 Å². The Kier molecular flexibility index (Phi) is 6.77. The Morgan fingerprint density at radius 3 is 2.62 bits per heavy atom. The fourth-order valence-electron chi connectivity index (χ4n) is 2.93. The lowest BCUT2D eigenvalue weighted by molar-refractivity contribution is 0.122. The van der Waals surface area contributed by atoms with Crippen molar-refractivity contribution in [2.45, 2.75) is 6.54 Å². The van der Waals surface area contributed by atoms with E-state index in [0.717, 1.165) is 24.4 Å². The third-order valence-electron chi connectivity index (χ3n) is 4.26. The highest BCUT2D eigenvalue weighted by Crippen LogP contribution is 2.27. The third-order valence-corrected chi connectivity index (χ3v) is 4.26. The van der Waals surface area contributed by atoms with Crippen LogP contribution in [-0.4, -0.2) is 40.9 Å². The molecular formula is C17H20Cl2FN5O. The Bertz CT molecular complexity index is 883. The molecule has 0 aliphatic carbocycles. The lowest BCUT2D eigenvalue weighted by atomic mass is 10.1. The van der Waals surface area contributed by atoms with Crippen LogP contribution in [0.5, 0.6) is 0 Å². The Labute approximate surface area is 163 Å². The normalized spacial score (nSPS) is 14.0. The molecule has 0 saturated carbocycles. The van der Waals surface area contributed by atoms with Crippen molar-refractivity contribution in [3.05, 3.63) is 48.0 Å². The maximum Gasteiger partial charge on any atom is 0.148 e. The smallest absolute Gasteiger partial charge is 0.148 e. The van der Waals surface area contributed by atoms with Crippen molar-refractivity contribution in [3.8, 4) is 11.3 Å². The van der Waals surface area contributed by atoms with Crippen LogP contribution in [0.25, 0.3) is 16.8 Å². The van der Waals surface area contributed by atoms with Gasteiger partial charge in [-0.2, -0.15) is 5.10 Å². The molecule has 1 aromatic carbocycles. The number of halogens is 3. The summed E-state index contributed by atoms with van der Waals surface area (Å²) in [6.07, 6.45) is 3.61. The Morgan fingerprint density at radius 2 is 1.92 bits per heavy atom. The molecule has 2 N–H and O–H groups in total. The zero-order valence-corrected chi connectivity index (χ0v) is 15.6. The van der Waals surface area contributed by atoms with E-state index in [2.05, 4.69) is 10.00 Å². The first-order chi connectivity index (χ1) is 11.8. The van der Waals surface area contributed by atoms with Gasteiger partial charge in [-0.25, -0.2) is 13.9 Å². The number of hydrogen-bond acceptors (Lipinski definition) is 5. The van der Waals surface area contributed by atoms with Gasteiger partial charge in [-0.1, -0.05) is 12.1 Å². The number of morpholine rings is 1. The van der Waals surface area contributed by atoms with Crippen molar-refractivity contribution >= 4 is 36.1 Å². The summed E-state index contributed by atoms with van der Waals surface area (Å²) in [6.45, 7) is 3.08. The van der Waals surface area contributed by atoms with Crippen LogP contribution in [0.2, 0.25) is 0 Å². The Morgan fingerprint density at radius 1 is 1.15 bits per heavy atom. The lowest BCUT2D eigenvalue weighted by Gasteiger charge is -2.28. The molecule has 1 fully saturated rings. The quantitative estimate of drug-likeness (QED) is 0.732. The summed E-state index contributed by atoms with van der Waals surface area (Å²) in [5.41, 5.74) is 8.30. The van der Waals surface area contributed by atoms with Crippen molar-refractivity contribution in [1.29, 1.82) is 0 Å². The number of rotatable bonds is 3. The minimum atomic E-state index is -0.314. The molecule has 1 aliphatic heterocycles. The molecule has 4 rings (SSSR count). The molecule has 140 valence electrons. The molecule has 0 spiro atoms. The highest BCUT2D eigenvalue weighted by Gasteiger charge is 2.17. The van der Waals surface area contributed by atoms with Crippen LogP contribution in [0.3, 0.4) is 0 Å². The second-order valence-corrected chi connectivity index (χ2v) is 5.72. The summed E-state index contributed by atoms with van der Waals surface area (Å²) in [5.74, 6) is 0.499. The fraction of sp³-hybridized carbons (Fsp3) is 0.294. The lowest BCUT2D eigenvalue weighted by Crippen LogP contribution is -2.37. The first-order valence-electron chi connectivity index (χ1n) is 7.92. The van der Waals surface area contributed by atoms with Crippen molar-refractivity contribution in [2.24, 2.45) is 5.73 Å². The maximum absolute atomic E-state index is 14.2. The first-order valence-corrected chi connectivity index (χ1v) is 7.92. The molecule has 1 saturated heterocycles. The molecule has 0 atom stereocenters. The van der Waals surface area contributed by atoms with E-state index in [1.165, 1.54) is 6.07 Å². The van der Waals surface area contributed by atoms with Gasteiger partial charge in [0.05, 0.1) is 36.8 Å². The highest BCUT2D eigenvalue weighted by molar-refractivity contribution is 5.85. The average Bonchev–Trinajstić information content (AvgIpc) is 3.10. The van der Waals surface area contributed by atoms with Crippen molar-refractivity contribution in [2.75, 3.05) is 31.2 Å². The van der Waals surface area contributed by atoms with Crippen LogP contribution in [0, 0.1) is 5.82 Å². The molecule has 0 bridgehead atoms. The van der Waals surface area contributed by atoms with E-state index in [0.29, 0.717) is 30.0 Å². The van der Waals surface area contributed by atoms with Gasteiger partial charge in [-0.3, -0.25) is 0 Å². The summed E-state index contributed by atoms with van der Waals surface area (Å²) >= 11 is 0. The molecule has 3 aromatic rings. The van der Waals surface area contributed by atoms with Gasteiger partial charge in [0.1, 0.15) is 11.6 Å². The Balaban J connectivity index is 0.00000121. The summed E-state index contributed by atoms with van der Waals surface area (Å²) in [4.78, 5) is 6.93. The molecule has 0 radical (unpaired) electrons. The van der Waals surface area contributed by atoms with E-state index in [1.807, 2.05) is 18.3 Å². The number of nitrogens with zero attached hydrogens (tertiary/aromatic N) is 4.